The van der Waals surface area contributed by atoms with Gasteiger partial charge in [0.15, 0.2) is 0 Å². The third kappa shape index (κ3) is 1.60. The maximum Gasteiger partial charge on any atom is 0.255 e. The normalized spacial score (nSPS) is 15.3. The van der Waals surface area contributed by atoms with Gasteiger partial charge in [0.25, 0.3) is 5.91 Å². The van der Waals surface area contributed by atoms with E-state index in [-0.39, 0.29) is 5.91 Å². The Morgan fingerprint density at radius 3 is 3.15 bits per heavy atom. The smallest absolute Gasteiger partial charge is 0.255 e. The minimum atomic E-state index is -0.107. The second-order valence-corrected chi connectivity index (χ2v) is 3.18. The van der Waals surface area contributed by atoms with E-state index in [9.17, 15) is 4.79 Å². The van der Waals surface area contributed by atoms with Gasteiger partial charge >= 0.3 is 0 Å². The van der Waals surface area contributed by atoms with Crippen molar-refractivity contribution in [3.63, 3.8) is 0 Å². The predicted molar refractivity (Wildman–Crippen MR) is 49.3 cm³/mol. The van der Waals surface area contributed by atoms with E-state index in [1.54, 1.807) is 18.2 Å². The third-order valence-electron chi connectivity index (χ3n) is 1.83. The molecule has 0 radical (unpaired) electrons. The fourth-order valence-corrected chi connectivity index (χ4v) is 1.39. The highest BCUT2D eigenvalue weighted by Crippen LogP contribution is 2.24. The quantitative estimate of drug-likeness (QED) is 0.684. The van der Waals surface area contributed by atoms with Crippen LogP contribution in [-0.2, 0) is 0 Å². The molecule has 1 aromatic rings. The monoisotopic (exact) mass is 197 g/mol. The Kier molecular flexibility index (Phi) is 2.10. The van der Waals surface area contributed by atoms with Crippen molar-refractivity contribution in [2.75, 3.05) is 13.2 Å². The van der Waals surface area contributed by atoms with E-state index in [1.165, 1.54) is 0 Å². The van der Waals surface area contributed by atoms with E-state index in [4.69, 9.17) is 16.3 Å². The van der Waals surface area contributed by atoms with E-state index in [0.29, 0.717) is 29.5 Å². The number of fused-ring (bicyclic) bond motifs is 1. The van der Waals surface area contributed by atoms with Crippen LogP contribution in [0.15, 0.2) is 18.2 Å². The number of ether oxygens (including phenoxy) is 1. The maximum atomic E-state index is 11.4. The first-order chi connectivity index (χ1) is 6.27. The molecular formula is C9H8ClNO2. The summed E-state index contributed by atoms with van der Waals surface area (Å²) in [7, 11) is 0. The van der Waals surface area contributed by atoms with Crippen molar-refractivity contribution >= 4 is 17.5 Å². The molecule has 0 spiro atoms. The van der Waals surface area contributed by atoms with Gasteiger partial charge in [-0.2, -0.15) is 0 Å². The minimum absolute atomic E-state index is 0.107. The molecule has 2 rings (SSSR count). The number of carbonyl (C=O) groups is 1. The molecule has 1 heterocycles. The van der Waals surface area contributed by atoms with E-state index in [1.807, 2.05) is 0 Å². The molecule has 3 nitrogen and oxygen atoms in total. The van der Waals surface area contributed by atoms with Gasteiger partial charge in [0, 0.05) is 5.02 Å². The standard InChI is InChI=1S/C9H8ClNO2/c10-6-1-2-7-8(5-6)13-4-3-11-9(7)12/h1-2,5H,3-4H2,(H,11,12). The van der Waals surface area contributed by atoms with Crippen LogP contribution in [-0.4, -0.2) is 19.1 Å². The SMILES string of the molecule is O=C1NCCOc2cc(Cl)ccc21. The number of nitrogens with one attached hydrogen (secondary N) is 1. The Labute approximate surface area is 80.6 Å². The molecular weight excluding hydrogens is 190 g/mol. The molecule has 4 heteroatoms. The van der Waals surface area contributed by atoms with Gasteiger partial charge in [-0.3, -0.25) is 4.79 Å². The van der Waals surface area contributed by atoms with Crippen LogP contribution >= 0.6 is 11.6 Å². The Morgan fingerprint density at radius 1 is 1.46 bits per heavy atom. The summed E-state index contributed by atoms with van der Waals surface area (Å²) in [5, 5.41) is 3.29. The van der Waals surface area contributed by atoms with Gasteiger partial charge in [0.05, 0.1) is 12.1 Å². The van der Waals surface area contributed by atoms with Crippen molar-refractivity contribution in [2.45, 2.75) is 0 Å². The third-order valence-corrected chi connectivity index (χ3v) is 2.07. The van der Waals surface area contributed by atoms with Crippen molar-refractivity contribution < 1.29 is 9.53 Å². The Bertz CT molecular complexity index is 351. The molecule has 13 heavy (non-hydrogen) atoms. The van der Waals surface area contributed by atoms with Crippen LogP contribution in [0.1, 0.15) is 10.4 Å². The molecule has 68 valence electrons. The lowest BCUT2D eigenvalue weighted by Gasteiger charge is -2.04. The summed E-state index contributed by atoms with van der Waals surface area (Å²) in [5.74, 6) is 0.451. The highest BCUT2D eigenvalue weighted by molar-refractivity contribution is 6.30. The molecule has 1 amide bonds. The van der Waals surface area contributed by atoms with Crippen molar-refractivity contribution in [2.24, 2.45) is 0 Å². The van der Waals surface area contributed by atoms with Crippen LogP contribution < -0.4 is 10.1 Å². The van der Waals surface area contributed by atoms with Crippen molar-refractivity contribution in [3.8, 4) is 5.75 Å². The lowest BCUT2D eigenvalue weighted by molar-refractivity contribution is 0.0957. The summed E-state index contributed by atoms with van der Waals surface area (Å²) in [6.07, 6.45) is 0. The largest absolute Gasteiger partial charge is 0.491 e. The molecule has 0 saturated heterocycles. The number of benzene rings is 1. The number of hydrogen-bond donors (Lipinski definition) is 1. The minimum Gasteiger partial charge on any atom is -0.491 e. The van der Waals surface area contributed by atoms with Gasteiger partial charge in [0.2, 0.25) is 0 Å². The molecule has 1 aliphatic heterocycles. The summed E-state index contributed by atoms with van der Waals surface area (Å²) in [5.41, 5.74) is 0.543. The number of hydrogen-bond acceptors (Lipinski definition) is 2. The molecule has 0 atom stereocenters. The van der Waals surface area contributed by atoms with Gasteiger partial charge in [-0.25, -0.2) is 0 Å². The Morgan fingerprint density at radius 2 is 2.31 bits per heavy atom. The van der Waals surface area contributed by atoms with Gasteiger partial charge in [-0.05, 0) is 18.2 Å². The van der Waals surface area contributed by atoms with E-state index >= 15 is 0 Å². The van der Waals surface area contributed by atoms with E-state index in [0.717, 1.165) is 0 Å². The Balaban J connectivity index is 2.48. The molecule has 0 bridgehead atoms. The van der Waals surface area contributed by atoms with Gasteiger partial charge in [-0.15, -0.1) is 0 Å². The van der Waals surface area contributed by atoms with Gasteiger partial charge in [0.1, 0.15) is 12.4 Å². The molecule has 0 aliphatic carbocycles. The molecule has 0 saturated carbocycles. The highest BCUT2D eigenvalue weighted by Gasteiger charge is 2.15. The highest BCUT2D eigenvalue weighted by atomic mass is 35.5. The second-order valence-electron chi connectivity index (χ2n) is 2.74. The fourth-order valence-electron chi connectivity index (χ4n) is 1.22. The predicted octanol–water partition coefficient (Wildman–Crippen LogP) is 1.46. The van der Waals surface area contributed by atoms with Gasteiger partial charge < -0.3 is 10.1 Å². The maximum absolute atomic E-state index is 11.4. The van der Waals surface area contributed by atoms with Crippen LogP contribution in [0, 0.1) is 0 Å². The van der Waals surface area contributed by atoms with Crippen LogP contribution in [0.5, 0.6) is 5.75 Å². The summed E-state index contributed by atoms with van der Waals surface area (Å²) >= 11 is 5.77. The topological polar surface area (TPSA) is 38.3 Å². The summed E-state index contributed by atoms with van der Waals surface area (Å²) in [4.78, 5) is 11.4. The van der Waals surface area contributed by atoms with Crippen LogP contribution in [0.2, 0.25) is 5.02 Å². The molecule has 1 aromatic carbocycles. The van der Waals surface area contributed by atoms with Crippen molar-refractivity contribution in [1.82, 2.24) is 5.32 Å². The number of carbonyl (C=O) groups excluding carboxylic acids is 1. The molecule has 0 aromatic heterocycles. The zero-order chi connectivity index (χ0) is 9.26. The fraction of sp³-hybridized carbons (Fsp3) is 0.222. The lowest BCUT2D eigenvalue weighted by Crippen LogP contribution is -2.24. The lowest BCUT2D eigenvalue weighted by atomic mass is 10.2. The summed E-state index contributed by atoms with van der Waals surface area (Å²) < 4.78 is 5.33. The summed E-state index contributed by atoms with van der Waals surface area (Å²) in [6, 6.07) is 4.99. The first-order valence-corrected chi connectivity index (χ1v) is 4.36. The molecule has 0 fully saturated rings. The van der Waals surface area contributed by atoms with Crippen molar-refractivity contribution in [1.29, 1.82) is 0 Å². The van der Waals surface area contributed by atoms with Crippen LogP contribution in [0.25, 0.3) is 0 Å². The van der Waals surface area contributed by atoms with Crippen LogP contribution in [0.4, 0.5) is 0 Å². The number of halogens is 1. The van der Waals surface area contributed by atoms with Crippen molar-refractivity contribution in [3.05, 3.63) is 28.8 Å². The average Bonchev–Trinajstić information content (AvgIpc) is 2.28. The van der Waals surface area contributed by atoms with E-state index in [2.05, 4.69) is 5.32 Å². The zero-order valence-corrected chi connectivity index (χ0v) is 7.60. The Hall–Kier alpha value is -1.22. The second kappa shape index (κ2) is 3.26. The first kappa shape index (κ1) is 8.38. The zero-order valence-electron chi connectivity index (χ0n) is 6.84. The average molecular weight is 198 g/mol. The number of amides is 1. The van der Waals surface area contributed by atoms with Crippen LogP contribution in [0.3, 0.4) is 0 Å². The molecule has 1 aliphatic rings. The number of rotatable bonds is 0. The molecule has 1 N–H and O–H groups in total. The summed E-state index contributed by atoms with van der Waals surface area (Å²) in [6.45, 7) is 1.02. The van der Waals surface area contributed by atoms with E-state index < -0.39 is 0 Å². The van der Waals surface area contributed by atoms with Gasteiger partial charge in [-0.1, -0.05) is 11.6 Å². The molecule has 0 unspecified atom stereocenters. The first-order valence-electron chi connectivity index (χ1n) is 3.98.